The second-order valence-electron chi connectivity index (χ2n) is 3.87. The van der Waals surface area contributed by atoms with Gasteiger partial charge in [0.1, 0.15) is 5.03 Å². The number of ether oxygens (including phenoxy) is 1. The molecule has 0 aliphatic heterocycles. The number of carbonyl (C=O) groups is 1. The van der Waals surface area contributed by atoms with Crippen molar-refractivity contribution in [2.24, 2.45) is 0 Å². The van der Waals surface area contributed by atoms with Gasteiger partial charge in [-0.25, -0.2) is 9.78 Å². The van der Waals surface area contributed by atoms with E-state index < -0.39 is 5.97 Å². The number of benzene rings is 1. The zero-order valence-electron chi connectivity index (χ0n) is 10.8. The Balaban J connectivity index is 2.42. The van der Waals surface area contributed by atoms with E-state index in [0.717, 1.165) is 5.03 Å². The van der Waals surface area contributed by atoms with E-state index in [4.69, 9.17) is 22.1 Å². The van der Waals surface area contributed by atoms with Crippen molar-refractivity contribution in [2.75, 3.05) is 12.3 Å². The number of nitrogens with two attached hydrogens (primary N) is 1. The van der Waals surface area contributed by atoms with E-state index in [0.29, 0.717) is 27.8 Å². The summed E-state index contributed by atoms with van der Waals surface area (Å²) in [6, 6.07) is 8.70. The van der Waals surface area contributed by atoms with E-state index >= 15 is 0 Å². The predicted molar refractivity (Wildman–Crippen MR) is 80.2 cm³/mol. The van der Waals surface area contributed by atoms with Gasteiger partial charge in [-0.1, -0.05) is 29.4 Å². The van der Waals surface area contributed by atoms with Crippen LogP contribution in [0.2, 0.25) is 5.02 Å². The lowest BCUT2D eigenvalue weighted by Gasteiger charge is -2.11. The van der Waals surface area contributed by atoms with Gasteiger partial charge in [0.05, 0.1) is 17.2 Å². The second-order valence-corrected chi connectivity index (χ2v) is 5.31. The summed E-state index contributed by atoms with van der Waals surface area (Å²) in [5.41, 5.74) is 6.51. The fourth-order valence-corrected chi connectivity index (χ4v) is 2.81. The van der Waals surface area contributed by atoms with Gasteiger partial charge in [0.25, 0.3) is 0 Å². The first-order valence-electron chi connectivity index (χ1n) is 5.97. The van der Waals surface area contributed by atoms with Crippen LogP contribution in [0.15, 0.2) is 46.5 Å². The molecule has 0 spiro atoms. The SMILES string of the molecule is CCOC(=O)c1cc(N)cc(Cl)c1Sc1ccccn1. The zero-order valence-corrected chi connectivity index (χ0v) is 12.4. The van der Waals surface area contributed by atoms with E-state index in [2.05, 4.69) is 4.98 Å². The minimum atomic E-state index is -0.444. The number of nitrogen functional groups attached to an aromatic ring is 1. The number of rotatable bonds is 4. The molecule has 6 heteroatoms. The van der Waals surface area contributed by atoms with Crippen molar-refractivity contribution in [3.05, 3.63) is 47.1 Å². The van der Waals surface area contributed by atoms with Gasteiger partial charge in [-0.15, -0.1) is 0 Å². The quantitative estimate of drug-likeness (QED) is 0.690. The molecule has 4 nitrogen and oxygen atoms in total. The van der Waals surface area contributed by atoms with Crippen LogP contribution in [-0.4, -0.2) is 17.6 Å². The van der Waals surface area contributed by atoms with Gasteiger partial charge < -0.3 is 10.5 Å². The fourth-order valence-electron chi connectivity index (χ4n) is 1.59. The molecule has 2 rings (SSSR count). The van der Waals surface area contributed by atoms with Gasteiger partial charge >= 0.3 is 5.97 Å². The van der Waals surface area contributed by atoms with E-state index in [1.165, 1.54) is 11.8 Å². The van der Waals surface area contributed by atoms with Crippen LogP contribution in [0.3, 0.4) is 0 Å². The van der Waals surface area contributed by atoms with Crippen molar-refractivity contribution in [3.8, 4) is 0 Å². The minimum Gasteiger partial charge on any atom is -0.462 e. The molecule has 0 radical (unpaired) electrons. The maximum Gasteiger partial charge on any atom is 0.339 e. The Morgan fingerprint density at radius 1 is 1.45 bits per heavy atom. The molecule has 2 N–H and O–H groups in total. The molecule has 0 saturated carbocycles. The van der Waals surface area contributed by atoms with Crippen LogP contribution in [0.1, 0.15) is 17.3 Å². The molecule has 0 aliphatic rings. The smallest absolute Gasteiger partial charge is 0.339 e. The number of carbonyl (C=O) groups excluding carboxylic acids is 1. The molecule has 0 amide bonds. The summed E-state index contributed by atoms with van der Waals surface area (Å²) in [4.78, 5) is 16.8. The summed E-state index contributed by atoms with van der Waals surface area (Å²) in [6.07, 6.45) is 1.68. The highest BCUT2D eigenvalue weighted by Gasteiger charge is 2.18. The number of anilines is 1. The summed E-state index contributed by atoms with van der Waals surface area (Å²) >= 11 is 7.50. The number of hydrogen-bond acceptors (Lipinski definition) is 5. The Kier molecular flexibility index (Phi) is 4.87. The van der Waals surface area contributed by atoms with Crippen molar-refractivity contribution < 1.29 is 9.53 Å². The van der Waals surface area contributed by atoms with Crippen molar-refractivity contribution in [3.63, 3.8) is 0 Å². The lowest BCUT2D eigenvalue weighted by Crippen LogP contribution is -2.07. The third-order valence-corrected chi connectivity index (χ3v) is 3.91. The molecule has 0 saturated heterocycles. The highest BCUT2D eigenvalue weighted by molar-refractivity contribution is 7.99. The maximum atomic E-state index is 12.0. The van der Waals surface area contributed by atoms with Gasteiger partial charge in [-0.05, 0) is 31.2 Å². The fraction of sp³-hybridized carbons (Fsp3) is 0.143. The van der Waals surface area contributed by atoms with Crippen molar-refractivity contribution in [2.45, 2.75) is 16.8 Å². The molecule has 0 fully saturated rings. The van der Waals surface area contributed by atoms with E-state index in [9.17, 15) is 4.79 Å². The van der Waals surface area contributed by atoms with Gasteiger partial charge in [0.2, 0.25) is 0 Å². The van der Waals surface area contributed by atoms with Crippen LogP contribution in [0, 0.1) is 0 Å². The predicted octanol–water partition coefficient (Wildman–Crippen LogP) is 3.65. The summed E-state index contributed by atoms with van der Waals surface area (Å²) in [5, 5.41) is 1.15. The van der Waals surface area contributed by atoms with Crippen LogP contribution in [-0.2, 0) is 4.74 Å². The van der Waals surface area contributed by atoms with Gasteiger partial charge in [-0.2, -0.15) is 0 Å². The molecule has 0 bridgehead atoms. The molecule has 104 valence electrons. The van der Waals surface area contributed by atoms with Crippen LogP contribution in [0.5, 0.6) is 0 Å². The van der Waals surface area contributed by atoms with Crippen LogP contribution in [0.4, 0.5) is 5.69 Å². The molecule has 0 unspecified atom stereocenters. The lowest BCUT2D eigenvalue weighted by atomic mass is 10.2. The number of halogens is 1. The minimum absolute atomic E-state index is 0.291. The van der Waals surface area contributed by atoms with E-state index in [1.54, 1.807) is 25.3 Å². The molecule has 1 aromatic heterocycles. The Hall–Kier alpha value is -1.72. The first-order valence-corrected chi connectivity index (χ1v) is 7.16. The number of nitrogens with zero attached hydrogens (tertiary/aromatic N) is 1. The molecule has 20 heavy (non-hydrogen) atoms. The molecular formula is C14H13ClN2O2S. The maximum absolute atomic E-state index is 12.0. The summed E-state index contributed by atoms with van der Waals surface area (Å²) < 4.78 is 5.03. The number of pyridine rings is 1. The zero-order chi connectivity index (χ0) is 14.5. The topological polar surface area (TPSA) is 65.2 Å². The Labute approximate surface area is 126 Å². The average molecular weight is 309 g/mol. The van der Waals surface area contributed by atoms with Gasteiger partial charge in [0.15, 0.2) is 0 Å². The average Bonchev–Trinajstić information content (AvgIpc) is 2.43. The summed E-state index contributed by atoms with van der Waals surface area (Å²) in [6.45, 7) is 2.04. The first kappa shape index (κ1) is 14.7. The molecule has 0 aliphatic carbocycles. The molecule has 2 aromatic rings. The number of esters is 1. The third kappa shape index (κ3) is 3.43. The molecular weight excluding hydrogens is 296 g/mol. The molecule has 0 atom stereocenters. The number of aromatic nitrogens is 1. The monoisotopic (exact) mass is 308 g/mol. The van der Waals surface area contributed by atoms with Crippen LogP contribution >= 0.6 is 23.4 Å². The Morgan fingerprint density at radius 3 is 2.90 bits per heavy atom. The number of hydrogen-bond donors (Lipinski definition) is 1. The normalized spacial score (nSPS) is 10.3. The largest absolute Gasteiger partial charge is 0.462 e. The second kappa shape index (κ2) is 6.63. The third-order valence-electron chi connectivity index (χ3n) is 2.41. The highest BCUT2D eigenvalue weighted by atomic mass is 35.5. The summed E-state index contributed by atoms with van der Waals surface area (Å²) in [5.74, 6) is -0.444. The van der Waals surface area contributed by atoms with E-state index in [-0.39, 0.29) is 0 Å². The van der Waals surface area contributed by atoms with Gasteiger partial charge in [0, 0.05) is 16.8 Å². The van der Waals surface area contributed by atoms with Crippen molar-refractivity contribution >= 4 is 35.0 Å². The van der Waals surface area contributed by atoms with Crippen molar-refractivity contribution in [1.29, 1.82) is 0 Å². The van der Waals surface area contributed by atoms with Gasteiger partial charge in [-0.3, -0.25) is 0 Å². The Morgan fingerprint density at radius 2 is 2.25 bits per heavy atom. The first-order chi connectivity index (χ1) is 9.61. The van der Waals surface area contributed by atoms with Crippen LogP contribution < -0.4 is 5.73 Å². The summed E-state index contributed by atoms with van der Waals surface area (Å²) in [7, 11) is 0. The molecule has 1 heterocycles. The van der Waals surface area contributed by atoms with Crippen molar-refractivity contribution in [1.82, 2.24) is 4.98 Å². The highest BCUT2D eigenvalue weighted by Crippen LogP contribution is 2.37. The van der Waals surface area contributed by atoms with Crippen LogP contribution in [0.25, 0.3) is 0 Å². The lowest BCUT2D eigenvalue weighted by molar-refractivity contribution is 0.0522. The Bertz CT molecular complexity index is 620. The molecule has 1 aromatic carbocycles. The van der Waals surface area contributed by atoms with E-state index in [1.807, 2.05) is 18.2 Å². The standard InChI is InChI=1S/C14H13ClN2O2S/c1-2-19-14(18)10-7-9(16)8-11(15)13(10)20-12-5-3-4-6-17-12/h3-8H,2,16H2,1H3.